The van der Waals surface area contributed by atoms with Crippen LogP contribution in [0.2, 0.25) is 0 Å². The van der Waals surface area contributed by atoms with Gasteiger partial charge in [0, 0.05) is 0 Å². The van der Waals surface area contributed by atoms with Gasteiger partial charge in [-0.2, -0.15) is 12.8 Å². The van der Waals surface area contributed by atoms with E-state index in [1.165, 1.54) is 0 Å². The topological polar surface area (TPSA) is 55.7 Å². The average molecular weight is 412 g/mol. The van der Waals surface area contributed by atoms with Crippen LogP contribution < -0.4 is 0 Å². The van der Waals surface area contributed by atoms with Gasteiger partial charge in [0.1, 0.15) is 0 Å². The highest BCUT2D eigenvalue weighted by Crippen LogP contribution is 2.34. The van der Waals surface area contributed by atoms with E-state index in [9.17, 15) is 8.42 Å². The molecule has 0 aromatic heterocycles. The lowest BCUT2D eigenvalue weighted by Gasteiger charge is -2.32. The highest BCUT2D eigenvalue weighted by molar-refractivity contribution is 7.90. The Morgan fingerprint density at radius 1 is 1.03 bits per heavy atom. The number of ether oxygens (including phenoxy) is 1. The van der Waals surface area contributed by atoms with Crippen molar-refractivity contribution in [3.63, 3.8) is 0 Å². The van der Waals surface area contributed by atoms with Gasteiger partial charge < -0.3 is 4.74 Å². The van der Waals surface area contributed by atoms with Crippen LogP contribution >= 0.6 is 0 Å². The molecule has 0 bridgehead atoms. The van der Waals surface area contributed by atoms with Crippen LogP contribution in [-0.4, -0.2) is 20.2 Å². The van der Waals surface area contributed by atoms with Gasteiger partial charge in [0.2, 0.25) is 0 Å². The van der Waals surface area contributed by atoms with Crippen LogP contribution in [0.4, 0.5) is 0 Å². The van der Waals surface area contributed by atoms with Gasteiger partial charge in [0.25, 0.3) is 10.0 Å². The zero-order valence-corrected chi connectivity index (χ0v) is 18.4. The summed E-state index contributed by atoms with van der Waals surface area (Å²) in [7, 11) is -3.75. The molecular formula is C24H29NO3S. The molecule has 2 aromatic carbocycles. The highest BCUT2D eigenvalue weighted by atomic mass is 32.2. The second-order valence-electron chi connectivity index (χ2n) is 8.57. The van der Waals surface area contributed by atoms with Crippen molar-refractivity contribution in [3.8, 4) is 0 Å². The molecule has 0 amide bonds. The van der Waals surface area contributed by atoms with Gasteiger partial charge in [0.15, 0.2) is 0 Å². The molecule has 1 aliphatic carbocycles. The summed E-state index contributed by atoms with van der Waals surface area (Å²) in [5.41, 5.74) is 3.41. The highest BCUT2D eigenvalue weighted by Gasteiger charge is 2.34. The monoisotopic (exact) mass is 411 g/mol. The van der Waals surface area contributed by atoms with Crippen molar-refractivity contribution in [1.82, 2.24) is 0 Å². The smallest absolute Gasteiger partial charge is 0.282 e. The maximum absolute atomic E-state index is 12.8. The Kier molecular flexibility index (Phi) is 6.39. The van der Waals surface area contributed by atoms with Gasteiger partial charge >= 0.3 is 0 Å². The van der Waals surface area contributed by atoms with Crippen molar-refractivity contribution in [2.75, 3.05) is 0 Å². The molecule has 5 heteroatoms. The van der Waals surface area contributed by atoms with Crippen LogP contribution in [0.5, 0.6) is 0 Å². The minimum absolute atomic E-state index is 0.195. The van der Waals surface area contributed by atoms with E-state index in [2.05, 4.69) is 31.2 Å². The summed E-state index contributed by atoms with van der Waals surface area (Å²) in [6.07, 6.45) is 3.22. The van der Waals surface area contributed by atoms with E-state index in [1.807, 2.05) is 37.3 Å². The van der Waals surface area contributed by atoms with E-state index >= 15 is 0 Å². The van der Waals surface area contributed by atoms with Crippen molar-refractivity contribution < 1.29 is 13.2 Å². The zero-order valence-electron chi connectivity index (χ0n) is 17.6. The minimum atomic E-state index is -3.75. The first-order valence-electron chi connectivity index (χ1n) is 9.93. The van der Waals surface area contributed by atoms with Crippen LogP contribution in [0.3, 0.4) is 0 Å². The normalized spacial score (nSPS) is 17.4. The van der Waals surface area contributed by atoms with Gasteiger partial charge in [-0.1, -0.05) is 74.9 Å². The standard InChI is InChI=1S/C24H29NO3S/c1-18-13-15-20(16-14-18)29(26,27)25-22-12-8-11-21(22)23(24(2,3)4)28-17-19-9-6-5-7-10-19/h5-7,9-11,13-16,23H,8,12,17H2,1-4H3/b25-22+. The molecular weight excluding hydrogens is 382 g/mol. The average Bonchev–Trinajstić information content (AvgIpc) is 3.09. The first kappa shape index (κ1) is 21.5. The third kappa shape index (κ3) is 5.43. The van der Waals surface area contributed by atoms with E-state index in [0.717, 1.165) is 23.1 Å². The predicted octanol–water partition coefficient (Wildman–Crippen LogP) is 5.48. The molecule has 0 N–H and O–H groups in total. The Morgan fingerprint density at radius 2 is 1.69 bits per heavy atom. The van der Waals surface area contributed by atoms with Crippen molar-refractivity contribution in [3.05, 3.63) is 77.4 Å². The summed E-state index contributed by atoms with van der Waals surface area (Å²) in [6.45, 7) is 8.71. The number of benzene rings is 2. The van der Waals surface area contributed by atoms with Crippen LogP contribution in [0.1, 0.15) is 44.7 Å². The lowest BCUT2D eigenvalue weighted by molar-refractivity contribution is 0.000196. The quantitative estimate of drug-likeness (QED) is 0.633. The van der Waals surface area contributed by atoms with Crippen molar-refractivity contribution in [2.24, 2.45) is 9.81 Å². The maximum Gasteiger partial charge on any atom is 0.282 e. The number of nitrogens with zero attached hydrogens (tertiary/aromatic N) is 1. The molecule has 0 radical (unpaired) electrons. The molecule has 0 spiro atoms. The molecule has 1 unspecified atom stereocenters. The fraction of sp³-hybridized carbons (Fsp3) is 0.375. The molecule has 0 saturated carbocycles. The lowest BCUT2D eigenvalue weighted by Crippen LogP contribution is -2.33. The molecule has 0 aliphatic heterocycles. The van der Waals surface area contributed by atoms with E-state index in [0.29, 0.717) is 18.7 Å². The minimum Gasteiger partial charge on any atom is -0.368 e. The Bertz CT molecular complexity index is 998. The summed E-state index contributed by atoms with van der Waals surface area (Å²) in [6, 6.07) is 16.8. The Balaban J connectivity index is 1.87. The van der Waals surface area contributed by atoms with Crippen molar-refractivity contribution in [1.29, 1.82) is 0 Å². The predicted molar refractivity (Wildman–Crippen MR) is 118 cm³/mol. The van der Waals surface area contributed by atoms with E-state index in [-0.39, 0.29) is 16.4 Å². The second-order valence-corrected chi connectivity index (χ2v) is 10.2. The van der Waals surface area contributed by atoms with Gasteiger partial charge in [-0.05, 0) is 48.4 Å². The molecule has 1 aliphatic rings. The fourth-order valence-electron chi connectivity index (χ4n) is 3.45. The van der Waals surface area contributed by atoms with Gasteiger partial charge in [-0.3, -0.25) is 0 Å². The van der Waals surface area contributed by atoms with Crippen molar-refractivity contribution >= 4 is 15.7 Å². The van der Waals surface area contributed by atoms with Gasteiger partial charge in [-0.25, -0.2) is 0 Å². The third-order valence-electron chi connectivity index (χ3n) is 4.96. The number of rotatable bonds is 6. The molecule has 1 atom stereocenters. The van der Waals surface area contributed by atoms with Gasteiger partial charge in [-0.15, -0.1) is 0 Å². The second kappa shape index (κ2) is 8.64. The van der Waals surface area contributed by atoms with E-state index in [4.69, 9.17) is 4.74 Å². The summed E-state index contributed by atoms with van der Waals surface area (Å²) in [5, 5.41) is 0. The van der Waals surface area contributed by atoms with Crippen molar-refractivity contribution in [2.45, 2.75) is 58.1 Å². The molecule has 29 heavy (non-hydrogen) atoms. The van der Waals surface area contributed by atoms with E-state index < -0.39 is 10.0 Å². The maximum atomic E-state index is 12.8. The fourth-order valence-corrected chi connectivity index (χ4v) is 4.52. The van der Waals surface area contributed by atoms with Crippen LogP contribution in [0.15, 0.2) is 75.5 Å². The molecule has 4 nitrogen and oxygen atoms in total. The SMILES string of the molecule is Cc1ccc(S(=O)(=O)/N=C2\CCC=C2C(OCc2ccccc2)C(C)(C)C)cc1. The molecule has 2 aromatic rings. The summed E-state index contributed by atoms with van der Waals surface area (Å²) < 4.78 is 36.2. The third-order valence-corrected chi connectivity index (χ3v) is 6.28. The Labute approximate surface area is 174 Å². The molecule has 154 valence electrons. The van der Waals surface area contributed by atoms with Crippen LogP contribution in [0, 0.1) is 12.3 Å². The molecule has 0 saturated heterocycles. The number of sulfonamides is 1. The first-order valence-corrected chi connectivity index (χ1v) is 11.4. The number of aryl methyl sites for hydroxylation is 1. The number of hydrogen-bond donors (Lipinski definition) is 0. The molecule has 0 fully saturated rings. The Hall–Kier alpha value is -2.24. The van der Waals surface area contributed by atoms with Gasteiger partial charge in [0.05, 0.1) is 23.3 Å². The molecule has 3 rings (SSSR count). The van der Waals surface area contributed by atoms with Crippen LogP contribution in [0.25, 0.3) is 0 Å². The van der Waals surface area contributed by atoms with E-state index in [1.54, 1.807) is 24.3 Å². The Morgan fingerprint density at radius 3 is 2.31 bits per heavy atom. The summed E-state index contributed by atoms with van der Waals surface area (Å²) in [5.74, 6) is 0. The number of allylic oxidation sites excluding steroid dienone is 1. The molecule has 0 heterocycles. The summed E-state index contributed by atoms with van der Waals surface area (Å²) in [4.78, 5) is 0.222. The number of hydrogen-bond acceptors (Lipinski definition) is 3. The van der Waals surface area contributed by atoms with Crippen LogP contribution in [-0.2, 0) is 21.4 Å². The largest absolute Gasteiger partial charge is 0.368 e. The summed E-state index contributed by atoms with van der Waals surface area (Å²) >= 11 is 0. The zero-order chi connectivity index (χ0) is 21.1. The first-order chi connectivity index (χ1) is 13.7. The lowest BCUT2D eigenvalue weighted by atomic mass is 9.83.